The summed E-state index contributed by atoms with van der Waals surface area (Å²) < 4.78 is 15.2. The standard InChI is InChI=1S/C21H23NO7S/c1-27-14-5-7-18(28-2)15(12-14)17(24)13-29-21(26)9-10-22-20(25)8-6-16(23)19-4-3-11-30-19/h3-5,7,11-12H,6,8-10,13H2,1-2H3,(H,22,25). The Morgan fingerprint density at radius 3 is 2.43 bits per heavy atom. The number of hydrogen-bond donors (Lipinski definition) is 1. The van der Waals surface area contributed by atoms with Crippen molar-refractivity contribution in [3.8, 4) is 11.5 Å². The maximum Gasteiger partial charge on any atom is 0.308 e. The van der Waals surface area contributed by atoms with E-state index >= 15 is 0 Å². The minimum absolute atomic E-state index is 0.0416. The van der Waals surface area contributed by atoms with Crippen molar-refractivity contribution in [2.45, 2.75) is 19.3 Å². The van der Waals surface area contributed by atoms with Crippen LogP contribution in [-0.4, -0.2) is 50.8 Å². The van der Waals surface area contributed by atoms with E-state index in [1.54, 1.807) is 29.6 Å². The molecule has 0 aliphatic carbocycles. The highest BCUT2D eigenvalue weighted by atomic mass is 32.1. The van der Waals surface area contributed by atoms with Gasteiger partial charge in [-0.05, 0) is 29.6 Å². The van der Waals surface area contributed by atoms with E-state index in [-0.39, 0.29) is 43.1 Å². The van der Waals surface area contributed by atoms with Crippen LogP contribution in [0.2, 0.25) is 0 Å². The molecule has 0 fully saturated rings. The molecule has 2 aromatic rings. The zero-order valence-electron chi connectivity index (χ0n) is 16.8. The predicted molar refractivity (Wildman–Crippen MR) is 110 cm³/mol. The molecule has 0 atom stereocenters. The first-order chi connectivity index (χ1) is 14.4. The average Bonchev–Trinajstić information content (AvgIpc) is 3.30. The molecule has 1 amide bonds. The fourth-order valence-corrected chi connectivity index (χ4v) is 3.20. The summed E-state index contributed by atoms with van der Waals surface area (Å²) in [4.78, 5) is 48.4. The second-order valence-corrected chi connectivity index (χ2v) is 7.10. The summed E-state index contributed by atoms with van der Waals surface area (Å²) in [5.41, 5.74) is 0.244. The van der Waals surface area contributed by atoms with Crippen LogP contribution in [0.25, 0.3) is 0 Å². The minimum atomic E-state index is -0.625. The molecular weight excluding hydrogens is 410 g/mol. The summed E-state index contributed by atoms with van der Waals surface area (Å²) in [6.45, 7) is -0.396. The third-order valence-electron chi connectivity index (χ3n) is 4.10. The predicted octanol–water partition coefficient (Wildman–Crippen LogP) is 2.66. The van der Waals surface area contributed by atoms with Crippen molar-refractivity contribution in [3.05, 3.63) is 46.2 Å². The molecule has 0 aliphatic heterocycles. The van der Waals surface area contributed by atoms with Gasteiger partial charge < -0.3 is 19.5 Å². The maximum absolute atomic E-state index is 12.3. The van der Waals surface area contributed by atoms with E-state index in [9.17, 15) is 19.2 Å². The Balaban J connectivity index is 1.69. The molecule has 0 unspecified atom stereocenters. The van der Waals surface area contributed by atoms with Gasteiger partial charge in [-0.2, -0.15) is 0 Å². The molecule has 2 rings (SSSR count). The molecule has 0 bridgehead atoms. The molecule has 9 heteroatoms. The molecule has 8 nitrogen and oxygen atoms in total. The summed E-state index contributed by atoms with van der Waals surface area (Å²) in [6.07, 6.45) is 0.0563. The number of benzene rings is 1. The highest BCUT2D eigenvalue weighted by Gasteiger charge is 2.16. The third-order valence-corrected chi connectivity index (χ3v) is 5.01. The first kappa shape index (κ1) is 23.1. The zero-order chi connectivity index (χ0) is 21.9. The van der Waals surface area contributed by atoms with Crippen LogP contribution in [0.5, 0.6) is 11.5 Å². The van der Waals surface area contributed by atoms with Crippen LogP contribution in [0.3, 0.4) is 0 Å². The van der Waals surface area contributed by atoms with Gasteiger partial charge in [-0.25, -0.2) is 0 Å². The molecule has 0 radical (unpaired) electrons. The highest BCUT2D eigenvalue weighted by molar-refractivity contribution is 7.12. The fraction of sp³-hybridized carbons (Fsp3) is 0.333. The topological polar surface area (TPSA) is 108 Å². The van der Waals surface area contributed by atoms with Crippen molar-refractivity contribution in [2.75, 3.05) is 27.4 Å². The van der Waals surface area contributed by atoms with Crippen LogP contribution in [-0.2, 0) is 14.3 Å². The molecule has 1 aromatic heterocycles. The van der Waals surface area contributed by atoms with Gasteiger partial charge in [0.1, 0.15) is 11.5 Å². The van der Waals surface area contributed by atoms with Gasteiger partial charge in [0.25, 0.3) is 0 Å². The van der Waals surface area contributed by atoms with Crippen LogP contribution in [0.15, 0.2) is 35.7 Å². The van der Waals surface area contributed by atoms with Gasteiger partial charge in [0.05, 0.1) is 31.1 Å². The molecule has 1 heterocycles. The number of methoxy groups -OCH3 is 2. The van der Waals surface area contributed by atoms with Crippen molar-refractivity contribution in [2.24, 2.45) is 0 Å². The van der Waals surface area contributed by atoms with Gasteiger partial charge in [-0.3, -0.25) is 19.2 Å². The quantitative estimate of drug-likeness (QED) is 0.405. The molecule has 30 heavy (non-hydrogen) atoms. The lowest BCUT2D eigenvalue weighted by atomic mass is 10.1. The number of esters is 1. The molecule has 0 saturated carbocycles. The number of ketones is 2. The van der Waals surface area contributed by atoms with Crippen LogP contribution in [0, 0.1) is 0 Å². The number of nitrogens with one attached hydrogen (secondary N) is 1. The number of carbonyl (C=O) groups is 4. The van der Waals surface area contributed by atoms with Crippen molar-refractivity contribution < 1.29 is 33.4 Å². The largest absolute Gasteiger partial charge is 0.497 e. The van der Waals surface area contributed by atoms with E-state index in [1.165, 1.54) is 31.6 Å². The molecule has 160 valence electrons. The summed E-state index contributed by atoms with van der Waals surface area (Å²) in [5, 5.41) is 4.36. The Bertz CT molecular complexity index is 893. The Morgan fingerprint density at radius 2 is 1.77 bits per heavy atom. The van der Waals surface area contributed by atoms with Crippen LogP contribution >= 0.6 is 11.3 Å². The van der Waals surface area contributed by atoms with E-state index in [0.717, 1.165) is 0 Å². The summed E-state index contributed by atoms with van der Waals surface area (Å²) in [6, 6.07) is 8.24. The Labute approximate surface area is 178 Å². The lowest BCUT2D eigenvalue weighted by Crippen LogP contribution is -2.27. The maximum atomic E-state index is 12.3. The lowest BCUT2D eigenvalue weighted by molar-refractivity contribution is -0.142. The lowest BCUT2D eigenvalue weighted by Gasteiger charge is -2.10. The first-order valence-electron chi connectivity index (χ1n) is 9.19. The summed E-state index contributed by atoms with van der Waals surface area (Å²) in [7, 11) is 2.91. The number of carbonyl (C=O) groups excluding carboxylic acids is 4. The van der Waals surface area contributed by atoms with Crippen molar-refractivity contribution in [1.29, 1.82) is 0 Å². The second kappa shape index (κ2) is 11.7. The average molecular weight is 433 g/mol. The van der Waals surface area contributed by atoms with Crippen molar-refractivity contribution >= 4 is 34.8 Å². The fourth-order valence-electron chi connectivity index (χ4n) is 2.51. The van der Waals surface area contributed by atoms with Gasteiger partial charge in [-0.1, -0.05) is 6.07 Å². The number of ether oxygens (including phenoxy) is 3. The Hall–Kier alpha value is -3.20. The van der Waals surface area contributed by atoms with Gasteiger partial charge in [0.2, 0.25) is 11.7 Å². The normalized spacial score (nSPS) is 10.2. The molecular formula is C21H23NO7S. The van der Waals surface area contributed by atoms with E-state index < -0.39 is 18.4 Å². The monoisotopic (exact) mass is 433 g/mol. The Morgan fingerprint density at radius 1 is 0.967 bits per heavy atom. The van der Waals surface area contributed by atoms with Crippen LogP contribution < -0.4 is 14.8 Å². The third kappa shape index (κ3) is 7.00. The number of amides is 1. The number of rotatable bonds is 12. The molecule has 1 aromatic carbocycles. The summed E-state index contributed by atoms with van der Waals surface area (Å²) >= 11 is 1.33. The van der Waals surface area contributed by atoms with E-state index in [0.29, 0.717) is 16.4 Å². The Kier molecular flexibility index (Phi) is 9.02. The second-order valence-electron chi connectivity index (χ2n) is 6.15. The molecule has 0 aliphatic rings. The molecule has 0 saturated heterocycles. The number of Topliss-reactive ketones (excluding diaryl/α,β-unsaturated/α-hetero) is 2. The van der Waals surface area contributed by atoms with E-state index in [4.69, 9.17) is 14.2 Å². The smallest absolute Gasteiger partial charge is 0.308 e. The van der Waals surface area contributed by atoms with Crippen LogP contribution in [0.4, 0.5) is 0 Å². The molecule has 1 N–H and O–H groups in total. The van der Waals surface area contributed by atoms with Crippen molar-refractivity contribution in [1.82, 2.24) is 5.32 Å². The van der Waals surface area contributed by atoms with E-state index in [2.05, 4.69) is 5.32 Å². The number of thiophene rings is 1. The van der Waals surface area contributed by atoms with E-state index in [1.807, 2.05) is 0 Å². The highest BCUT2D eigenvalue weighted by Crippen LogP contribution is 2.24. The summed E-state index contributed by atoms with van der Waals surface area (Å²) in [5.74, 6) is -0.654. The first-order valence-corrected chi connectivity index (χ1v) is 10.1. The van der Waals surface area contributed by atoms with Crippen LogP contribution in [0.1, 0.15) is 39.3 Å². The van der Waals surface area contributed by atoms with Gasteiger partial charge in [0, 0.05) is 19.4 Å². The molecule has 0 spiro atoms. The van der Waals surface area contributed by atoms with Gasteiger partial charge in [0.15, 0.2) is 12.4 Å². The SMILES string of the molecule is COc1ccc(OC)c(C(=O)COC(=O)CCNC(=O)CCC(=O)c2cccs2)c1. The van der Waals surface area contributed by atoms with Gasteiger partial charge in [-0.15, -0.1) is 11.3 Å². The van der Waals surface area contributed by atoms with Crippen molar-refractivity contribution in [3.63, 3.8) is 0 Å². The minimum Gasteiger partial charge on any atom is -0.497 e. The van der Waals surface area contributed by atoms with Gasteiger partial charge >= 0.3 is 5.97 Å². The zero-order valence-corrected chi connectivity index (χ0v) is 17.6. The number of hydrogen-bond acceptors (Lipinski definition) is 8.